The van der Waals surface area contributed by atoms with Crippen molar-refractivity contribution in [2.24, 2.45) is 4.99 Å². The van der Waals surface area contributed by atoms with Crippen molar-refractivity contribution in [1.29, 1.82) is 0 Å². The molecule has 5 nitrogen and oxygen atoms in total. The molecule has 3 N–H and O–H groups in total. The molecule has 0 aliphatic rings. The Morgan fingerprint density at radius 3 is 2.56 bits per heavy atom. The van der Waals surface area contributed by atoms with E-state index in [1.165, 1.54) is 6.07 Å². The van der Waals surface area contributed by atoms with Crippen LogP contribution in [0.25, 0.3) is 0 Å². The van der Waals surface area contributed by atoms with Crippen LogP contribution in [0, 0.1) is 5.82 Å². The molecular weight excluding hydrogens is 321 g/mol. The SMILES string of the molecule is CCNC(=NCC(O)c1ccccc1F)NCCOc1ccccc1. The van der Waals surface area contributed by atoms with Gasteiger partial charge in [-0.1, -0.05) is 36.4 Å². The molecule has 1 unspecified atom stereocenters. The van der Waals surface area contributed by atoms with Gasteiger partial charge in [0.25, 0.3) is 0 Å². The molecule has 0 saturated carbocycles. The van der Waals surface area contributed by atoms with Crippen molar-refractivity contribution in [2.75, 3.05) is 26.2 Å². The van der Waals surface area contributed by atoms with Gasteiger partial charge in [-0.05, 0) is 25.1 Å². The van der Waals surface area contributed by atoms with Gasteiger partial charge in [0.15, 0.2) is 5.96 Å². The lowest BCUT2D eigenvalue weighted by Crippen LogP contribution is -2.39. The molecule has 0 spiro atoms. The first kappa shape index (κ1) is 18.7. The molecule has 0 heterocycles. The van der Waals surface area contributed by atoms with Gasteiger partial charge < -0.3 is 20.5 Å². The largest absolute Gasteiger partial charge is 0.492 e. The van der Waals surface area contributed by atoms with E-state index in [4.69, 9.17) is 4.74 Å². The Hall–Kier alpha value is -2.60. The van der Waals surface area contributed by atoms with Crippen molar-refractivity contribution in [1.82, 2.24) is 10.6 Å². The van der Waals surface area contributed by atoms with E-state index in [0.717, 1.165) is 5.75 Å². The minimum atomic E-state index is -0.989. The first-order valence-corrected chi connectivity index (χ1v) is 8.33. The second-order valence-electron chi connectivity index (χ2n) is 5.35. The van der Waals surface area contributed by atoms with E-state index in [9.17, 15) is 9.50 Å². The fraction of sp³-hybridized carbons (Fsp3) is 0.316. The number of aliphatic imine (C=N–C) groups is 1. The predicted octanol–water partition coefficient (Wildman–Crippen LogP) is 2.49. The number of ether oxygens (including phenoxy) is 1. The molecule has 2 rings (SSSR count). The van der Waals surface area contributed by atoms with Crippen molar-refractivity contribution in [2.45, 2.75) is 13.0 Å². The summed E-state index contributed by atoms with van der Waals surface area (Å²) in [6.45, 7) is 3.72. The first-order valence-electron chi connectivity index (χ1n) is 8.33. The highest BCUT2D eigenvalue weighted by Gasteiger charge is 2.11. The average Bonchev–Trinajstić information content (AvgIpc) is 2.64. The van der Waals surface area contributed by atoms with Crippen LogP contribution < -0.4 is 15.4 Å². The van der Waals surface area contributed by atoms with Crippen LogP contribution in [0.1, 0.15) is 18.6 Å². The average molecular weight is 345 g/mol. The van der Waals surface area contributed by atoms with Gasteiger partial charge in [0.2, 0.25) is 0 Å². The van der Waals surface area contributed by atoms with Crippen LogP contribution in [-0.2, 0) is 0 Å². The zero-order chi connectivity index (χ0) is 17.9. The maximum atomic E-state index is 13.7. The van der Waals surface area contributed by atoms with Gasteiger partial charge >= 0.3 is 0 Å². The highest BCUT2D eigenvalue weighted by atomic mass is 19.1. The van der Waals surface area contributed by atoms with E-state index in [0.29, 0.717) is 25.7 Å². The van der Waals surface area contributed by atoms with E-state index in [-0.39, 0.29) is 12.1 Å². The summed E-state index contributed by atoms with van der Waals surface area (Å²) in [5.74, 6) is 0.926. The molecule has 0 radical (unpaired) electrons. The lowest BCUT2D eigenvalue weighted by atomic mass is 10.1. The summed E-state index contributed by atoms with van der Waals surface area (Å²) in [6.07, 6.45) is -0.989. The summed E-state index contributed by atoms with van der Waals surface area (Å²) in [7, 11) is 0. The zero-order valence-electron chi connectivity index (χ0n) is 14.3. The monoisotopic (exact) mass is 345 g/mol. The molecule has 0 aliphatic heterocycles. The Bertz CT molecular complexity index is 665. The molecule has 2 aromatic carbocycles. The number of hydrogen-bond acceptors (Lipinski definition) is 3. The number of nitrogens with one attached hydrogen (secondary N) is 2. The summed E-state index contributed by atoms with van der Waals surface area (Å²) in [5.41, 5.74) is 0.245. The highest BCUT2D eigenvalue weighted by molar-refractivity contribution is 5.79. The number of para-hydroxylation sites is 1. The highest BCUT2D eigenvalue weighted by Crippen LogP contribution is 2.16. The third-order valence-corrected chi connectivity index (χ3v) is 3.44. The molecular formula is C19H24FN3O2. The molecule has 0 amide bonds. The normalized spacial score (nSPS) is 12.5. The Morgan fingerprint density at radius 2 is 1.84 bits per heavy atom. The van der Waals surface area contributed by atoms with Gasteiger partial charge in [0.05, 0.1) is 13.1 Å². The zero-order valence-corrected chi connectivity index (χ0v) is 14.3. The summed E-state index contributed by atoms with van der Waals surface area (Å²) in [6, 6.07) is 15.7. The fourth-order valence-electron chi connectivity index (χ4n) is 2.22. The maximum absolute atomic E-state index is 13.7. The number of nitrogens with zero attached hydrogens (tertiary/aromatic N) is 1. The van der Waals surface area contributed by atoms with E-state index in [2.05, 4.69) is 15.6 Å². The minimum absolute atomic E-state index is 0.0653. The van der Waals surface area contributed by atoms with Crippen LogP contribution in [0.2, 0.25) is 0 Å². The van der Waals surface area contributed by atoms with Gasteiger partial charge in [-0.2, -0.15) is 0 Å². The smallest absolute Gasteiger partial charge is 0.191 e. The van der Waals surface area contributed by atoms with E-state index < -0.39 is 11.9 Å². The van der Waals surface area contributed by atoms with Crippen molar-refractivity contribution in [3.8, 4) is 5.75 Å². The molecule has 0 fully saturated rings. The molecule has 1 atom stereocenters. The number of aliphatic hydroxyl groups is 1. The first-order chi connectivity index (χ1) is 12.2. The molecule has 25 heavy (non-hydrogen) atoms. The second-order valence-corrected chi connectivity index (χ2v) is 5.35. The number of halogens is 1. The van der Waals surface area contributed by atoms with E-state index >= 15 is 0 Å². The quantitative estimate of drug-likeness (QED) is 0.391. The summed E-state index contributed by atoms with van der Waals surface area (Å²) in [4.78, 5) is 4.30. The van der Waals surface area contributed by atoms with E-state index in [1.54, 1.807) is 18.2 Å². The fourth-order valence-corrected chi connectivity index (χ4v) is 2.22. The Morgan fingerprint density at radius 1 is 1.12 bits per heavy atom. The predicted molar refractivity (Wildman–Crippen MR) is 97.3 cm³/mol. The van der Waals surface area contributed by atoms with Gasteiger partial charge in [0.1, 0.15) is 24.3 Å². The minimum Gasteiger partial charge on any atom is -0.492 e. The van der Waals surface area contributed by atoms with Crippen LogP contribution >= 0.6 is 0 Å². The van der Waals surface area contributed by atoms with Crippen molar-refractivity contribution < 1.29 is 14.2 Å². The number of hydrogen-bond donors (Lipinski definition) is 3. The third kappa shape index (κ3) is 6.43. The Labute approximate surface area is 147 Å². The number of rotatable bonds is 8. The van der Waals surface area contributed by atoms with Gasteiger partial charge in [-0.25, -0.2) is 4.39 Å². The van der Waals surface area contributed by atoms with E-state index in [1.807, 2.05) is 37.3 Å². The van der Waals surface area contributed by atoms with Crippen LogP contribution in [0.5, 0.6) is 5.75 Å². The molecule has 0 saturated heterocycles. The van der Waals surface area contributed by atoms with Gasteiger partial charge in [-0.3, -0.25) is 4.99 Å². The van der Waals surface area contributed by atoms with Crippen molar-refractivity contribution >= 4 is 5.96 Å². The molecule has 2 aromatic rings. The van der Waals surface area contributed by atoms with Gasteiger partial charge in [-0.15, -0.1) is 0 Å². The third-order valence-electron chi connectivity index (χ3n) is 3.44. The van der Waals surface area contributed by atoms with Gasteiger partial charge in [0, 0.05) is 12.1 Å². The van der Waals surface area contributed by atoms with Crippen LogP contribution in [0.4, 0.5) is 4.39 Å². The topological polar surface area (TPSA) is 65.9 Å². The number of aliphatic hydroxyl groups excluding tert-OH is 1. The molecule has 0 aliphatic carbocycles. The van der Waals surface area contributed by atoms with Crippen LogP contribution in [-0.4, -0.2) is 37.3 Å². The van der Waals surface area contributed by atoms with Crippen molar-refractivity contribution in [3.63, 3.8) is 0 Å². The molecule has 0 bridgehead atoms. The van der Waals surface area contributed by atoms with Crippen LogP contribution in [0.15, 0.2) is 59.6 Å². The summed E-state index contributed by atoms with van der Waals surface area (Å²) >= 11 is 0. The summed E-state index contributed by atoms with van der Waals surface area (Å²) < 4.78 is 19.3. The lowest BCUT2D eigenvalue weighted by molar-refractivity contribution is 0.182. The standard InChI is InChI=1S/C19H24FN3O2/c1-2-21-19(22-12-13-25-15-8-4-3-5-9-15)23-14-18(24)16-10-6-7-11-17(16)20/h3-11,18,24H,2,12-14H2,1H3,(H2,21,22,23). The molecule has 134 valence electrons. The maximum Gasteiger partial charge on any atom is 0.191 e. The van der Waals surface area contributed by atoms with Crippen LogP contribution in [0.3, 0.4) is 0 Å². The molecule has 0 aromatic heterocycles. The second kappa shape index (κ2) is 10.3. The summed E-state index contributed by atoms with van der Waals surface area (Å²) in [5, 5.41) is 16.3. The Kier molecular flexibility index (Phi) is 7.72. The Balaban J connectivity index is 1.82. The number of benzene rings is 2. The van der Waals surface area contributed by atoms with Crippen molar-refractivity contribution in [3.05, 3.63) is 66.0 Å². The lowest BCUT2D eigenvalue weighted by Gasteiger charge is -2.14. The number of guanidine groups is 1. The molecule has 6 heteroatoms.